The molecule has 0 saturated carbocycles. The van der Waals surface area contributed by atoms with E-state index in [1.165, 1.54) is 18.4 Å². The number of para-hydroxylation sites is 1. The number of aromatic nitrogens is 1. The lowest BCUT2D eigenvalue weighted by Crippen LogP contribution is -2.16. The predicted molar refractivity (Wildman–Crippen MR) is 66.7 cm³/mol. The van der Waals surface area contributed by atoms with Gasteiger partial charge in [0.2, 0.25) is 0 Å². The normalized spacial score (nSPS) is 10.5. The van der Waals surface area contributed by atoms with Gasteiger partial charge in [-0.25, -0.2) is 4.98 Å². The van der Waals surface area contributed by atoms with Gasteiger partial charge in [-0.1, -0.05) is 17.4 Å². The number of hydrogen-bond acceptors (Lipinski definition) is 5. The summed E-state index contributed by atoms with van der Waals surface area (Å²) in [5, 5.41) is 3.22. The Kier molecular flexibility index (Phi) is 3.55. The molecule has 0 aliphatic rings. The molecule has 0 fully saturated rings. The summed E-state index contributed by atoms with van der Waals surface area (Å²) in [5.74, 6) is 0.483. The number of nitrogens with zero attached hydrogens (tertiary/aromatic N) is 1. The quantitative estimate of drug-likeness (QED) is 0.902. The van der Waals surface area contributed by atoms with Gasteiger partial charge in [-0.05, 0) is 12.1 Å². The average Bonchev–Trinajstić information content (AvgIpc) is 2.70. The van der Waals surface area contributed by atoms with Gasteiger partial charge in [0, 0.05) is 7.11 Å². The number of hydrogen-bond donors (Lipinski definition) is 1. The highest BCUT2D eigenvalue weighted by atomic mass is 32.1. The van der Waals surface area contributed by atoms with E-state index in [0.29, 0.717) is 10.9 Å². The molecule has 0 spiro atoms. The molecule has 0 aliphatic carbocycles. The number of anilines is 1. The molecular formula is C11H12N2O3S. The van der Waals surface area contributed by atoms with Crippen LogP contribution in [-0.4, -0.2) is 31.7 Å². The van der Waals surface area contributed by atoms with Crippen LogP contribution in [0.15, 0.2) is 18.2 Å². The summed E-state index contributed by atoms with van der Waals surface area (Å²) in [6.07, 6.45) is 0. The van der Waals surface area contributed by atoms with E-state index in [9.17, 15) is 4.79 Å². The van der Waals surface area contributed by atoms with Crippen molar-refractivity contribution in [3.8, 4) is 5.75 Å². The molecule has 6 heteroatoms. The second-order valence-corrected chi connectivity index (χ2v) is 4.34. The summed E-state index contributed by atoms with van der Waals surface area (Å²) in [7, 11) is 3.07. The standard InChI is InChI=1S/C11H12N2O3S/c1-15-6-9(14)12-11-13-10-7(16-2)4-3-5-8(10)17-11/h3-5H,6H2,1-2H3,(H,12,13,14). The molecule has 17 heavy (non-hydrogen) atoms. The van der Waals surface area contributed by atoms with Crippen molar-refractivity contribution in [1.82, 2.24) is 4.98 Å². The molecule has 1 aromatic carbocycles. The summed E-state index contributed by atoms with van der Waals surface area (Å²) in [6.45, 7) is 0.0209. The maximum absolute atomic E-state index is 11.3. The number of benzene rings is 1. The molecule has 1 amide bonds. The van der Waals surface area contributed by atoms with Crippen LogP contribution < -0.4 is 10.1 Å². The van der Waals surface area contributed by atoms with Crippen LogP contribution in [0.1, 0.15) is 0 Å². The van der Waals surface area contributed by atoms with Gasteiger partial charge in [0.1, 0.15) is 17.9 Å². The Labute approximate surface area is 102 Å². The van der Waals surface area contributed by atoms with Gasteiger partial charge in [0.25, 0.3) is 5.91 Å². The highest BCUT2D eigenvalue weighted by molar-refractivity contribution is 7.22. The Morgan fingerprint density at radius 1 is 1.47 bits per heavy atom. The number of nitrogens with one attached hydrogen (secondary N) is 1. The number of fused-ring (bicyclic) bond motifs is 1. The minimum Gasteiger partial charge on any atom is -0.494 e. The number of rotatable bonds is 4. The Bertz CT molecular complexity index is 538. The molecule has 1 aromatic heterocycles. The number of methoxy groups -OCH3 is 2. The summed E-state index contributed by atoms with van der Waals surface area (Å²) in [6, 6.07) is 5.66. The first-order chi connectivity index (χ1) is 8.24. The summed E-state index contributed by atoms with van der Waals surface area (Å²) >= 11 is 1.40. The van der Waals surface area contributed by atoms with Crippen molar-refractivity contribution in [3.63, 3.8) is 0 Å². The molecule has 2 rings (SSSR count). The van der Waals surface area contributed by atoms with Gasteiger partial charge in [-0.15, -0.1) is 0 Å². The summed E-state index contributed by atoms with van der Waals surface area (Å²) < 4.78 is 10.9. The van der Waals surface area contributed by atoms with Crippen molar-refractivity contribution in [3.05, 3.63) is 18.2 Å². The molecule has 5 nitrogen and oxygen atoms in total. The number of amides is 1. The monoisotopic (exact) mass is 252 g/mol. The molecule has 2 aromatic rings. The SMILES string of the molecule is COCC(=O)Nc1nc2c(OC)cccc2s1. The molecule has 1 N–H and O–H groups in total. The van der Waals surface area contributed by atoms with Crippen molar-refractivity contribution in [2.75, 3.05) is 26.1 Å². The predicted octanol–water partition coefficient (Wildman–Crippen LogP) is 1.89. The van der Waals surface area contributed by atoms with Crippen LogP contribution in [-0.2, 0) is 9.53 Å². The zero-order chi connectivity index (χ0) is 12.3. The molecule has 90 valence electrons. The second kappa shape index (κ2) is 5.11. The van der Waals surface area contributed by atoms with Crippen molar-refractivity contribution in [2.45, 2.75) is 0 Å². The van der Waals surface area contributed by atoms with E-state index in [0.717, 1.165) is 10.2 Å². The van der Waals surface area contributed by atoms with E-state index in [-0.39, 0.29) is 12.5 Å². The van der Waals surface area contributed by atoms with Crippen LogP contribution >= 0.6 is 11.3 Å². The largest absolute Gasteiger partial charge is 0.494 e. The lowest BCUT2D eigenvalue weighted by molar-refractivity contribution is -0.119. The van der Waals surface area contributed by atoms with E-state index in [1.807, 2.05) is 18.2 Å². The minimum absolute atomic E-state index is 0.0209. The number of ether oxygens (including phenoxy) is 2. The summed E-state index contributed by atoms with van der Waals surface area (Å²) in [5.41, 5.74) is 0.757. The maximum atomic E-state index is 11.3. The Morgan fingerprint density at radius 2 is 2.29 bits per heavy atom. The van der Waals surface area contributed by atoms with E-state index >= 15 is 0 Å². The van der Waals surface area contributed by atoms with Gasteiger partial charge in [0.15, 0.2) is 5.13 Å². The van der Waals surface area contributed by atoms with Crippen LogP contribution in [0.25, 0.3) is 10.2 Å². The zero-order valence-electron chi connectivity index (χ0n) is 9.52. The van der Waals surface area contributed by atoms with Crippen LogP contribution in [0, 0.1) is 0 Å². The van der Waals surface area contributed by atoms with Crippen LogP contribution in [0.2, 0.25) is 0 Å². The number of carbonyl (C=O) groups is 1. The van der Waals surface area contributed by atoms with Crippen LogP contribution in [0.3, 0.4) is 0 Å². The first-order valence-electron chi connectivity index (χ1n) is 4.97. The third kappa shape index (κ3) is 2.54. The smallest absolute Gasteiger partial charge is 0.252 e. The van der Waals surface area contributed by atoms with Crippen molar-refractivity contribution in [1.29, 1.82) is 0 Å². The summed E-state index contributed by atoms with van der Waals surface area (Å²) in [4.78, 5) is 15.7. The first kappa shape index (κ1) is 11.8. The lowest BCUT2D eigenvalue weighted by atomic mass is 10.3. The lowest BCUT2D eigenvalue weighted by Gasteiger charge is -1.99. The molecule has 0 aliphatic heterocycles. The van der Waals surface area contributed by atoms with E-state index in [2.05, 4.69) is 10.3 Å². The fourth-order valence-electron chi connectivity index (χ4n) is 1.43. The van der Waals surface area contributed by atoms with Crippen LogP contribution in [0.5, 0.6) is 5.75 Å². The highest BCUT2D eigenvalue weighted by Crippen LogP contribution is 2.31. The van der Waals surface area contributed by atoms with Crippen molar-refractivity contribution in [2.24, 2.45) is 0 Å². The molecule has 1 heterocycles. The minimum atomic E-state index is -0.217. The van der Waals surface area contributed by atoms with E-state index < -0.39 is 0 Å². The van der Waals surface area contributed by atoms with E-state index in [1.54, 1.807) is 7.11 Å². The third-order valence-electron chi connectivity index (χ3n) is 2.12. The number of thiazole rings is 1. The first-order valence-corrected chi connectivity index (χ1v) is 5.78. The Balaban J connectivity index is 2.28. The van der Waals surface area contributed by atoms with Crippen molar-refractivity contribution < 1.29 is 14.3 Å². The second-order valence-electron chi connectivity index (χ2n) is 3.31. The Morgan fingerprint density at radius 3 is 3.00 bits per heavy atom. The molecule has 0 saturated heterocycles. The third-order valence-corrected chi connectivity index (χ3v) is 3.06. The van der Waals surface area contributed by atoms with Gasteiger partial charge in [-0.2, -0.15) is 0 Å². The van der Waals surface area contributed by atoms with Gasteiger partial charge >= 0.3 is 0 Å². The Hall–Kier alpha value is -1.66. The van der Waals surface area contributed by atoms with Crippen LogP contribution in [0.4, 0.5) is 5.13 Å². The zero-order valence-corrected chi connectivity index (χ0v) is 10.3. The fourth-order valence-corrected chi connectivity index (χ4v) is 2.33. The molecule has 0 bridgehead atoms. The van der Waals surface area contributed by atoms with Gasteiger partial charge < -0.3 is 9.47 Å². The molecule has 0 radical (unpaired) electrons. The molecule has 0 atom stereocenters. The van der Waals surface area contributed by atoms with E-state index in [4.69, 9.17) is 9.47 Å². The van der Waals surface area contributed by atoms with Gasteiger partial charge in [0.05, 0.1) is 11.8 Å². The topological polar surface area (TPSA) is 60.5 Å². The highest BCUT2D eigenvalue weighted by Gasteiger charge is 2.10. The fraction of sp³-hybridized carbons (Fsp3) is 0.273. The molecular weight excluding hydrogens is 240 g/mol. The van der Waals surface area contributed by atoms with Gasteiger partial charge in [-0.3, -0.25) is 10.1 Å². The average molecular weight is 252 g/mol. The van der Waals surface area contributed by atoms with Crippen molar-refractivity contribution >= 4 is 32.6 Å². The molecule has 0 unspecified atom stereocenters. The maximum Gasteiger partial charge on any atom is 0.252 e. The number of carbonyl (C=O) groups excluding carboxylic acids is 1.